The van der Waals surface area contributed by atoms with Crippen molar-refractivity contribution in [2.75, 3.05) is 12.8 Å². The van der Waals surface area contributed by atoms with Crippen LogP contribution in [-0.4, -0.2) is 23.0 Å². The highest BCUT2D eigenvalue weighted by molar-refractivity contribution is 6.36. The van der Waals surface area contributed by atoms with Gasteiger partial charge < -0.3 is 15.2 Å². The van der Waals surface area contributed by atoms with Gasteiger partial charge in [-0.15, -0.1) is 0 Å². The number of nitro benzene ring substituents is 1. The molecule has 0 saturated heterocycles. The van der Waals surface area contributed by atoms with E-state index in [1.54, 1.807) is 0 Å². The van der Waals surface area contributed by atoms with Crippen LogP contribution in [0.2, 0.25) is 10.0 Å². The second-order valence-electron chi connectivity index (χ2n) is 6.29. The Morgan fingerprint density at radius 2 is 1.81 bits per heavy atom. The normalized spacial score (nSPS) is 10.7. The van der Waals surface area contributed by atoms with Crippen molar-refractivity contribution in [3.63, 3.8) is 0 Å². The lowest BCUT2D eigenvalue weighted by Gasteiger charge is -2.13. The third-order valence-corrected chi connectivity index (χ3v) is 5.01. The third kappa shape index (κ3) is 4.41. The minimum Gasteiger partial charge on any atom is -0.492 e. The van der Waals surface area contributed by atoms with Crippen molar-refractivity contribution in [3.05, 3.63) is 79.4 Å². The monoisotopic (exact) mass is 483 g/mol. The van der Waals surface area contributed by atoms with E-state index in [0.29, 0.717) is 5.56 Å². The van der Waals surface area contributed by atoms with Gasteiger partial charge in [0.1, 0.15) is 12.3 Å². The van der Waals surface area contributed by atoms with Crippen LogP contribution in [0.5, 0.6) is 5.75 Å². The van der Waals surface area contributed by atoms with Gasteiger partial charge in [0.15, 0.2) is 23.1 Å². The Labute approximate surface area is 189 Å². The lowest BCUT2D eigenvalue weighted by atomic mass is 10.1. The number of aromatic nitrogens is 1. The minimum atomic E-state index is -1.15. The van der Waals surface area contributed by atoms with Crippen LogP contribution in [0.3, 0.4) is 0 Å². The number of benzene rings is 2. The number of ether oxygens (including phenoxy) is 2. The molecule has 0 aliphatic carbocycles. The van der Waals surface area contributed by atoms with Gasteiger partial charge in [-0.1, -0.05) is 23.2 Å². The van der Waals surface area contributed by atoms with Crippen molar-refractivity contribution >= 4 is 40.5 Å². The minimum absolute atomic E-state index is 0.0566. The number of pyridine rings is 1. The fourth-order valence-electron chi connectivity index (χ4n) is 2.71. The van der Waals surface area contributed by atoms with Gasteiger partial charge in [-0.05, 0) is 29.8 Å². The first kappa shape index (κ1) is 23.2. The summed E-state index contributed by atoms with van der Waals surface area (Å²) in [7, 11) is 1.18. The molecule has 0 radical (unpaired) electrons. The van der Waals surface area contributed by atoms with Crippen molar-refractivity contribution < 1.29 is 28.0 Å². The molecule has 0 unspecified atom stereocenters. The molecular formula is C20H13Cl2F2N3O5. The van der Waals surface area contributed by atoms with Crippen molar-refractivity contribution in [3.8, 4) is 17.0 Å². The Balaban J connectivity index is 1.95. The number of rotatable bonds is 6. The van der Waals surface area contributed by atoms with Crippen LogP contribution in [0.25, 0.3) is 11.3 Å². The first-order valence-corrected chi connectivity index (χ1v) is 9.48. The molecule has 0 saturated carbocycles. The van der Waals surface area contributed by atoms with E-state index in [1.807, 2.05) is 0 Å². The molecule has 166 valence electrons. The van der Waals surface area contributed by atoms with E-state index >= 15 is 0 Å². The number of hydrogen-bond acceptors (Lipinski definition) is 7. The Morgan fingerprint density at radius 3 is 2.41 bits per heavy atom. The number of nitrogen functional groups attached to an aromatic ring is 1. The van der Waals surface area contributed by atoms with Crippen LogP contribution in [-0.2, 0) is 11.3 Å². The van der Waals surface area contributed by atoms with Gasteiger partial charge >= 0.3 is 5.97 Å². The summed E-state index contributed by atoms with van der Waals surface area (Å²) >= 11 is 11.8. The third-order valence-electron chi connectivity index (χ3n) is 4.33. The van der Waals surface area contributed by atoms with Crippen molar-refractivity contribution in [1.29, 1.82) is 0 Å². The second kappa shape index (κ2) is 9.33. The van der Waals surface area contributed by atoms with Gasteiger partial charge in [0.05, 0.1) is 27.8 Å². The molecule has 8 nitrogen and oxygen atoms in total. The maximum Gasteiger partial charge on any atom is 0.358 e. The lowest BCUT2D eigenvalue weighted by Crippen LogP contribution is -2.12. The summed E-state index contributed by atoms with van der Waals surface area (Å²) in [6, 6.07) is 7.65. The topological polar surface area (TPSA) is 118 Å². The SMILES string of the molecule is COc1c(Cl)ccc(-c2nc(C(=O)OCc3ccc([N+](=O)[O-])cc3)c(Cl)c(N)c2F)c1F. The fourth-order valence-corrected chi connectivity index (χ4v) is 3.13. The van der Waals surface area contributed by atoms with Crippen LogP contribution >= 0.6 is 23.2 Å². The number of carbonyl (C=O) groups excluding carboxylic acids is 1. The second-order valence-corrected chi connectivity index (χ2v) is 7.08. The molecule has 0 spiro atoms. The number of nitrogens with zero attached hydrogens (tertiary/aromatic N) is 2. The summed E-state index contributed by atoms with van der Waals surface area (Å²) in [4.78, 5) is 26.5. The quantitative estimate of drug-likeness (QED) is 0.291. The van der Waals surface area contributed by atoms with Gasteiger partial charge in [-0.3, -0.25) is 10.1 Å². The molecule has 0 atom stereocenters. The zero-order valence-electron chi connectivity index (χ0n) is 16.2. The van der Waals surface area contributed by atoms with Crippen molar-refractivity contribution in [2.24, 2.45) is 0 Å². The van der Waals surface area contributed by atoms with Gasteiger partial charge in [-0.2, -0.15) is 0 Å². The summed E-state index contributed by atoms with van der Waals surface area (Å²) in [6.07, 6.45) is 0. The molecule has 0 amide bonds. The smallest absolute Gasteiger partial charge is 0.358 e. The predicted octanol–water partition coefficient (Wildman–Crippen LogP) is 5.19. The van der Waals surface area contributed by atoms with E-state index in [2.05, 4.69) is 4.98 Å². The highest BCUT2D eigenvalue weighted by Gasteiger charge is 2.26. The Bertz CT molecular complexity index is 1220. The number of anilines is 1. The lowest BCUT2D eigenvalue weighted by molar-refractivity contribution is -0.384. The summed E-state index contributed by atoms with van der Waals surface area (Å²) in [5.74, 6) is -3.58. The van der Waals surface area contributed by atoms with E-state index in [-0.39, 0.29) is 28.6 Å². The Morgan fingerprint density at radius 1 is 1.16 bits per heavy atom. The summed E-state index contributed by atoms with van der Waals surface area (Å²) in [6.45, 7) is -0.287. The van der Waals surface area contributed by atoms with Crippen LogP contribution < -0.4 is 10.5 Å². The molecule has 3 aromatic rings. The van der Waals surface area contributed by atoms with E-state index in [4.69, 9.17) is 38.4 Å². The van der Waals surface area contributed by atoms with Crippen LogP contribution in [0, 0.1) is 21.7 Å². The first-order valence-electron chi connectivity index (χ1n) is 8.73. The summed E-state index contributed by atoms with van der Waals surface area (Å²) in [5, 5.41) is 10.1. The number of nitrogens with two attached hydrogens (primary N) is 1. The standard InChI is InChI=1S/C20H13Cl2F2N3O5/c1-31-19-12(21)7-6-11(14(19)23)17-15(24)16(25)13(22)18(26-17)20(28)32-8-9-2-4-10(5-3-9)27(29)30/h2-7H,8H2,1H3,(H2,25,26). The number of methoxy groups -OCH3 is 1. The first-order chi connectivity index (χ1) is 15.1. The highest BCUT2D eigenvalue weighted by atomic mass is 35.5. The number of esters is 1. The summed E-state index contributed by atoms with van der Waals surface area (Å²) < 4.78 is 39.5. The number of halogens is 4. The average molecular weight is 484 g/mol. The van der Waals surface area contributed by atoms with Gasteiger partial charge in [0, 0.05) is 17.7 Å². The highest BCUT2D eigenvalue weighted by Crippen LogP contribution is 2.38. The maximum atomic E-state index is 14.8. The molecular weight excluding hydrogens is 471 g/mol. The number of carbonyl (C=O) groups is 1. The predicted molar refractivity (Wildman–Crippen MR) is 113 cm³/mol. The van der Waals surface area contributed by atoms with E-state index in [1.165, 1.54) is 37.4 Å². The van der Waals surface area contributed by atoms with Crippen LogP contribution in [0.1, 0.15) is 16.1 Å². The zero-order valence-corrected chi connectivity index (χ0v) is 17.7. The van der Waals surface area contributed by atoms with E-state index in [9.17, 15) is 23.7 Å². The molecule has 0 aliphatic rings. The van der Waals surface area contributed by atoms with Gasteiger partial charge in [0.2, 0.25) is 0 Å². The Kier molecular flexibility index (Phi) is 6.75. The number of non-ortho nitro benzene ring substituents is 1. The molecule has 0 bridgehead atoms. The van der Waals surface area contributed by atoms with Gasteiger partial charge in [-0.25, -0.2) is 18.6 Å². The van der Waals surface area contributed by atoms with Crippen LogP contribution in [0.4, 0.5) is 20.2 Å². The van der Waals surface area contributed by atoms with Crippen LogP contribution in [0.15, 0.2) is 36.4 Å². The molecule has 1 aromatic heterocycles. The van der Waals surface area contributed by atoms with E-state index in [0.717, 1.165) is 6.07 Å². The molecule has 0 aliphatic heterocycles. The zero-order chi connectivity index (χ0) is 23.6. The molecule has 3 rings (SSSR count). The molecule has 32 heavy (non-hydrogen) atoms. The maximum absolute atomic E-state index is 14.8. The van der Waals surface area contributed by atoms with Crippen molar-refractivity contribution in [1.82, 2.24) is 4.98 Å². The number of nitro groups is 1. The molecule has 1 heterocycles. The van der Waals surface area contributed by atoms with E-state index < -0.39 is 44.6 Å². The average Bonchev–Trinajstić information content (AvgIpc) is 2.77. The molecule has 12 heteroatoms. The van der Waals surface area contributed by atoms with Gasteiger partial charge in [0.25, 0.3) is 5.69 Å². The number of hydrogen-bond donors (Lipinski definition) is 1. The van der Waals surface area contributed by atoms with Crippen molar-refractivity contribution in [2.45, 2.75) is 6.61 Å². The Hall–Kier alpha value is -3.50. The molecule has 2 aromatic carbocycles. The summed E-state index contributed by atoms with van der Waals surface area (Å²) in [5.41, 5.74) is 3.82. The molecule has 0 fully saturated rings. The molecule has 2 N–H and O–H groups in total. The fraction of sp³-hybridized carbons (Fsp3) is 0.100. The largest absolute Gasteiger partial charge is 0.492 e.